The van der Waals surface area contributed by atoms with Gasteiger partial charge in [-0.1, -0.05) is 100 Å². The van der Waals surface area contributed by atoms with Gasteiger partial charge in [-0.2, -0.15) is 0 Å². The largest absolute Gasteiger partial charge is 0.396 e. The Kier molecular flexibility index (Phi) is 13.8. The van der Waals surface area contributed by atoms with Crippen molar-refractivity contribution in [3.63, 3.8) is 0 Å². The molecule has 0 aromatic heterocycles. The Labute approximate surface area is 160 Å². The molecule has 0 radical (unpaired) electrons. The van der Waals surface area contributed by atoms with Crippen molar-refractivity contribution in [2.75, 3.05) is 6.61 Å². The monoisotopic (exact) mass is 358 g/mol. The summed E-state index contributed by atoms with van der Waals surface area (Å²) in [5.41, 5.74) is 2.59. The first kappa shape index (κ1) is 22.7. The van der Waals surface area contributed by atoms with Gasteiger partial charge in [-0.3, -0.25) is 0 Å². The first-order valence-corrected chi connectivity index (χ1v) is 10.5. The molecule has 146 valence electrons. The fourth-order valence-corrected chi connectivity index (χ4v) is 3.11. The first-order valence-electron chi connectivity index (χ1n) is 10.5. The van der Waals surface area contributed by atoms with Crippen molar-refractivity contribution in [1.82, 2.24) is 0 Å². The fourth-order valence-electron chi connectivity index (χ4n) is 3.11. The Balaban J connectivity index is 2.32. The number of allylic oxidation sites excluding steroid dienone is 2. The Morgan fingerprint density at radius 3 is 2.42 bits per heavy atom. The van der Waals surface area contributed by atoms with Gasteiger partial charge < -0.3 is 10.2 Å². The summed E-state index contributed by atoms with van der Waals surface area (Å²) in [6.45, 7) is 2.52. The Hall–Kier alpha value is -1.38. The molecule has 0 saturated carbocycles. The van der Waals surface area contributed by atoms with E-state index < -0.39 is 0 Å². The highest BCUT2D eigenvalue weighted by Gasteiger charge is 2.00. The van der Waals surface area contributed by atoms with E-state index in [9.17, 15) is 5.11 Å². The quantitative estimate of drug-likeness (QED) is 0.295. The van der Waals surface area contributed by atoms with Gasteiger partial charge in [-0.15, -0.1) is 0 Å². The van der Waals surface area contributed by atoms with Crippen LogP contribution in [0.5, 0.6) is 0 Å². The normalized spacial score (nSPS) is 13.0. The summed E-state index contributed by atoms with van der Waals surface area (Å²) in [5, 5.41) is 18.9. The van der Waals surface area contributed by atoms with E-state index in [4.69, 9.17) is 5.11 Å². The molecule has 2 nitrogen and oxygen atoms in total. The summed E-state index contributed by atoms with van der Waals surface area (Å²) in [5.74, 6) is 0. The van der Waals surface area contributed by atoms with Crippen molar-refractivity contribution in [3.05, 3.63) is 53.6 Å². The Morgan fingerprint density at radius 1 is 0.885 bits per heavy atom. The molecule has 1 aromatic rings. The average molecular weight is 359 g/mol. The SMILES string of the molecule is CCCCCCCCC(O)C=CC=Cc1ccccc1CCCCCO. The minimum atomic E-state index is -0.334. The van der Waals surface area contributed by atoms with Crippen molar-refractivity contribution >= 4 is 6.08 Å². The molecule has 0 spiro atoms. The van der Waals surface area contributed by atoms with Gasteiger partial charge in [0.2, 0.25) is 0 Å². The predicted molar refractivity (Wildman–Crippen MR) is 113 cm³/mol. The first-order chi connectivity index (χ1) is 12.8. The molecule has 0 aliphatic rings. The summed E-state index contributed by atoms with van der Waals surface area (Å²) in [6.07, 6.45) is 20.2. The van der Waals surface area contributed by atoms with E-state index in [2.05, 4.69) is 37.3 Å². The van der Waals surface area contributed by atoms with E-state index in [0.717, 1.165) is 38.5 Å². The van der Waals surface area contributed by atoms with Gasteiger partial charge in [-0.05, 0) is 36.8 Å². The molecule has 2 N–H and O–H groups in total. The highest BCUT2D eigenvalue weighted by Crippen LogP contribution is 2.15. The van der Waals surface area contributed by atoms with Crippen molar-refractivity contribution < 1.29 is 10.2 Å². The van der Waals surface area contributed by atoms with E-state index in [1.165, 1.54) is 43.2 Å². The summed E-state index contributed by atoms with van der Waals surface area (Å²) in [6, 6.07) is 8.46. The zero-order valence-corrected chi connectivity index (χ0v) is 16.6. The number of hydrogen-bond acceptors (Lipinski definition) is 2. The minimum absolute atomic E-state index is 0.285. The Bertz CT molecular complexity index is 505. The van der Waals surface area contributed by atoms with Crippen LogP contribution in [0.2, 0.25) is 0 Å². The van der Waals surface area contributed by atoms with Crippen molar-refractivity contribution in [2.45, 2.75) is 83.7 Å². The van der Waals surface area contributed by atoms with Crippen molar-refractivity contribution in [1.29, 1.82) is 0 Å². The van der Waals surface area contributed by atoms with Crippen LogP contribution in [0.15, 0.2) is 42.5 Å². The zero-order valence-electron chi connectivity index (χ0n) is 16.6. The molecule has 0 aliphatic carbocycles. The minimum Gasteiger partial charge on any atom is -0.396 e. The van der Waals surface area contributed by atoms with Crippen LogP contribution in [0.1, 0.15) is 82.3 Å². The fraction of sp³-hybridized carbons (Fsp3) is 0.583. The molecule has 0 fully saturated rings. The smallest absolute Gasteiger partial charge is 0.0723 e. The molecular formula is C24H38O2. The van der Waals surface area contributed by atoms with Crippen LogP contribution in [0, 0.1) is 0 Å². The van der Waals surface area contributed by atoms with E-state index >= 15 is 0 Å². The van der Waals surface area contributed by atoms with E-state index in [1.807, 2.05) is 18.2 Å². The highest BCUT2D eigenvalue weighted by atomic mass is 16.3. The topological polar surface area (TPSA) is 40.5 Å². The third kappa shape index (κ3) is 11.3. The zero-order chi connectivity index (χ0) is 18.9. The van der Waals surface area contributed by atoms with Crippen LogP contribution in [0.25, 0.3) is 6.08 Å². The maximum Gasteiger partial charge on any atom is 0.0723 e. The lowest BCUT2D eigenvalue weighted by Crippen LogP contribution is -2.01. The third-order valence-corrected chi connectivity index (χ3v) is 4.73. The lowest BCUT2D eigenvalue weighted by molar-refractivity contribution is 0.208. The predicted octanol–water partition coefficient (Wildman–Crippen LogP) is 6.07. The number of aryl methyl sites for hydroxylation is 1. The van der Waals surface area contributed by atoms with Gasteiger partial charge in [0, 0.05) is 6.61 Å². The summed E-state index contributed by atoms with van der Waals surface area (Å²) >= 11 is 0. The molecule has 0 bridgehead atoms. The maximum absolute atomic E-state index is 10.0. The molecule has 2 heteroatoms. The van der Waals surface area contributed by atoms with Crippen molar-refractivity contribution in [3.8, 4) is 0 Å². The number of unbranched alkanes of at least 4 members (excludes halogenated alkanes) is 7. The lowest BCUT2D eigenvalue weighted by Gasteiger charge is -2.06. The van der Waals surface area contributed by atoms with Crippen LogP contribution in [0.4, 0.5) is 0 Å². The van der Waals surface area contributed by atoms with Crippen LogP contribution >= 0.6 is 0 Å². The van der Waals surface area contributed by atoms with E-state index in [0.29, 0.717) is 0 Å². The number of aliphatic hydroxyl groups excluding tert-OH is 2. The highest BCUT2D eigenvalue weighted by molar-refractivity contribution is 5.55. The summed E-state index contributed by atoms with van der Waals surface area (Å²) in [4.78, 5) is 0. The van der Waals surface area contributed by atoms with E-state index in [-0.39, 0.29) is 12.7 Å². The van der Waals surface area contributed by atoms with Gasteiger partial charge in [0.1, 0.15) is 0 Å². The number of rotatable bonds is 15. The standard InChI is InChI=1S/C24H38O2/c1-2-3-4-5-6-9-19-24(26)20-13-12-18-23-17-11-10-16-22(23)15-8-7-14-21-25/h10-13,16-18,20,24-26H,2-9,14-15,19,21H2,1H3. The third-order valence-electron chi connectivity index (χ3n) is 4.73. The molecule has 1 rings (SSSR count). The van der Waals surface area contributed by atoms with E-state index in [1.54, 1.807) is 0 Å². The number of hydrogen-bond donors (Lipinski definition) is 2. The Morgan fingerprint density at radius 2 is 1.62 bits per heavy atom. The van der Waals surface area contributed by atoms with Gasteiger partial charge in [0.15, 0.2) is 0 Å². The lowest BCUT2D eigenvalue weighted by atomic mass is 10.0. The van der Waals surface area contributed by atoms with Crippen LogP contribution in [-0.2, 0) is 6.42 Å². The molecule has 0 aliphatic heterocycles. The summed E-state index contributed by atoms with van der Waals surface area (Å²) < 4.78 is 0. The molecule has 1 aromatic carbocycles. The number of benzene rings is 1. The van der Waals surface area contributed by atoms with Crippen molar-refractivity contribution in [2.24, 2.45) is 0 Å². The molecular weight excluding hydrogens is 320 g/mol. The molecule has 0 heterocycles. The molecule has 1 unspecified atom stereocenters. The summed E-state index contributed by atoms with van der Waals surface area (Å²) in [7, 11) is 0. The van der Waals surface area contributed by atoms with Gasteiger partial charge in [-0.25, -0.2) is 0 Å². The van der Waals surface area contributed by atoms with Gasteiger partial charge in [0.25, 0.3) is 0 Å². The average Bonchev–Trinajstić information content (AvgIpc) is 2.66. The second kappa shape index (κ2) is 15.8. The van der Waals surface area contributed by atoms with Gasteiger partial charge >= 0.3 is 0 Å². The maximum atomic E-state index is 10.0. The number of aliphatic hydroxyl groups is 2. The molecule has 0 amide bonds. The molecule has 1 atom stereocenters. The second-order valence-corrected chi connectivity index (χ2v) is 7.10. The second-order valence-electron chi connectivity index (χ2n) is 7.10. The molecule has 0 saturated heterocycles. The van der Waals surface area contributed by atoms with Crippen LogP contribution in [0.3, 0.4) is 0 Å². The molecule has 26 heavy (non-hydrogen) atoms. The van der Waals surface area contributed by atoms with Crippen LogP contribution in [-0.4, -0.2) is 22.9 Å². The van der Waals surface area contributed by atoms with Gasteiger partial charge in [0.05, 0.1) is 6.10 Å². The van der Waals surface area contributed by atoms with Crippen LogP contribution < -0.4 is 0 Å².